The van der Waals surface area contributed by atoms with Crippen LogP contribution < -0.4 is 16.0 Å². The summed E-state index contributed by atoms with van der Waals surface area (Å²) in [6.45, 7) is 2.79. The summed E-state index contributed by atoms with van der Waals surface area (Å²) in [5, 5.41) is 7.69. The number of benzene rings is 1. The van der Waals surface area contributed by atoms with Crippen LogP contribution in [0.5, 0.6) is 0 Å². The van der Waals surface area contributed by atoms with Gasteiger partial charge in [0.25, 0.3) is 11.8 Å². The molecule has 4 rings (SSSR count). The number of urea groups is 1. The lowest BCUT2D eigenvalue weighted by Crippen LogP contribution is -2.59. The summed E-state index contributed by atoms with van der Waals surface area (Å²) < 4.78 is 0. The lowest BCUT2D eigenvalue weighted by molar-refractivity contribution is -0.131. The van der Waals surface area contributed by atoms with Gasteiger partial charge in [-0.25, -0.2) is 4.79 Å². The molecule has 142 valence electrons. The van der Waals surface area contributed by atoms with Gasteiger partial charge in [0.2, 0.25) is 5.91 Å². The third-order valence-corrected chi connectivity index (χ3v) is 5.83. The number of likely N-dealkylation sites (tertiary alicyclic amines) is 1. The maximum atomic E-state index is 13.2. The molecule has 3 unspecified atom stereocenters. The summed E-state index contributed by atoms with van der Waals surface area (Å²) in [5.41, 5.74) is -0.292. The highest BCUT2D eigenvalue weighted by molar-refractivity contribution is 6.07. The van der Waals surface area contributed by atoms with Crippen LogP contribution in [0.2, 0.25) is 0 Å². The number of carbonyl (C=O) groups excluding carboxylic acids is 4. The topological polar surface area (TPSA) is 108 Å². The molecule has 3 atom stereocenters. The minimum absolute atomic E-state index is 0.0927. The number of fused-ring (bicyclic) bond motifs is 1. The molecule has 1 aromatic carbocycles. The minimum Gasteiger partial charge on any atom is -0.354 e. The summed E-state index contributed by atoms with van der Waals surface area (Å²) in [6, 6.07) is 5.69. The number of piperidine rings is 2. The third-order valence-electron chi connectivity index (χ3n) is 5.83. The lowest BCUT2D eigenvalue weighted by Gasteiger charge is -2.43. The largest absolute Gasteiger partial charge is 0.354 e. The maximum Gasteiger partial charge on any atom is 0.322 e. The van der Waals surface area contributed by atoms with Crippen molar-refractivity contribution in [1.82, 2.24) is 20.9 Å². The fourth-order valence-electron chi connectivity index (χ4n) is 4.32. The maximum absolute atomic E-state index is 13.2. The van der Waals surface area contributed by atoms with Crippen LogP contribution in [0.25, 0.3) is 0 Å². The Bertz CT molecular complexity index is 837. The van der Waals surface area contributed by atoms with Gasteiger partial charge in [-0.1, -0.05) is 12.1 Å². The van der Waals surface area contributed by atoms with Crippen molar-refractivity contribution in [3.05, 3.63) is 35.4 Å². The van der Waals surface area contributed by atoms with Gasteiger partial charge in [-0.2, -0.15) is 0 Å². The molecular formula is C19H22N4O4. The van der Waals surface area contributed by atoms with E-state index in [1.807, 2.05) is 0 Å². The number of rotatable bonds is 2. The number of nitrogens with one attached hydrogen (secondary N) is 3. The lowest BCUT2D eigenvalue weighted by atomic mass is 9.83. The molecule has 1 aromatic rings. The van der Waals surface area contributed by atoms with Gasteiger partial charge in [-0.05, 0) is 49.8 Å². The molecular weight excluding hydrogens is 348 g/mol. The summed E-state index contributed by atoms with van der Waals surface area (Å²) >= 11 is 0. The number of carbonyl (C=O) groups is 4. The van der Waals surface area contributed by atoms with Gasteiger partial charge >= 0.3 is 6.03 Å². The Morgan fingerprint density at radius 3 is 2.78 bits per heavy atom. The Balaban J connectivity index is 1.64. The van der Waals surface area contributed by atoms with Crippen molar-refractivity contribution < 1.29 is 19.2 Å². The molecule has 0 radical (unpaired) electrons. The van der Waals surface area contributed by atoms with Crippen LogP contribution in [0.4, 0.5) is 4.79 Å². The molecule has 0 aliphatic carbocycles. The normalized spacial score (nSPS) is 30.3. The van der Waals surface area contributed by atoms with E-state index >= 15 is 0 Å². The molecule has 3 N–H and O–H groups in total. The highest BCUT2D eigenvalue weighted by atomic mass is 16.2. The molecule has 3 fully saturated rings. The number of hydrogen-bond donors (Lipinski definition) is 3. The van der Waals surface area contributed by atoms with Gasteiger partial charge in [0.05, 0.1) is 0 Å². The predicted molar refractivity (Wildman–Crippen MR) is 95.6 cm³/mol. The van der Waals surface area contributed by atoms with Gasteiger partial charge in [0, 0.05) is 18.7 Å². The number of hydrogen-bond acceptors (Lipinski definition) is 4. The first-order chi connectivity index (χ1) is 12.9. The van der Waals surface area contributed by atoms with Gasteiger partial charge in [-0.3, -0.25) is 19.7 Å². The monoisotopic (exact) mass is 370 g/mol. The van der Waals surface area contributed by atoms with Crippen LogP contribution in [-0.4, -0.2) is 47.8 Å². The van der Waals surface area contributed by atoms with E-state index in [4.69, 9.17) is 0 Å². The summed E-state index contributed by atoms with van der Waals surface area (Å²) in [6.07, 6.45) is 2.70. The second-order valence-electron chi connectivity index (χ2n) is 7.54. The molecule has 3 saturated heterocycles. The number of amides is 5. The smallest absolute Gasteiger partial charge is 0.322 e. The fraction of sp³-hybridized carbons (Fsp3) is 0.474. The quantitative estimate of drug-likeness (QED) is 0.658. The molecule has 27 heavy (non-hydrogen) atoms. The Kier molecular flexibility index (Phi) is 4.13. The number of nitrogens with zero attached hydrogens (tertiary/aromatic N) is 1. The van der Waals surface area contributed by atoms with Crippen LogP contribution in [0, 0.1) is 5.92 Å². The van der Waals surface area contributed by atoms with Gasteiger partial charge < -0.3 is 15.5 Å². The van der Waals surface area contributed by atoms with E-state index < -0.39 is 23.5 Å². The zero-order valence-corrected chi connectivity index (χ0v) is 15.1. The molecule has 8 nitrogen and oxygen atoms in total. The van der Waals surface area contributed by atoms with Crippen LogP contribution in [0.3, 0.4) is 0 Å². The van der Waals surface area contributed by atoms with Crippen molar-refractivity contribution in [1.29, 1.82) is 0 Å². The van der Waals surface area contributed by atoms with Gasteiger partial charge in [-0.15, -0.1) is 0 Å². The summed E-state index contributed by atoms with van der Waals surface area (Å²) in [5.74, 6) is -0.583. The van der Waals surface area contributed by atoms with Gasteiger partial charge in [0.1, 0.15) is 11.6 Å². The van der Waals surface area contributed by atoms with E-state index in [1.165, 1.54) is 0 Å². The van der Waals surface area contributed by atoms with E-state index in [2.05, 4.69) is 16.0 Å². The van der Waals surface area contributed by atoms with Crippen LogP contribution >= 0.6 is 0 Å². The highest BCUT2D eigenvalue weighted by Gasteiger charge is 2.44. The third kappa shape index (κ3) is 2.85. The van der Waals surface area contributed by atoms with Crippen molar-refractivity contribution in [2.75, 3.05) is 13.1 Å². The minimum atomic E-state index is -1.22. The SMILES string of the molecule is CC1(c2cccc(C(=O)N3CCCC4CCNC(=O)C43)c2)NC(=O)NC1=O. The highest BCUT2D eigenvalue weighted by Crippen LogP contribution is 2.31. The van der Waals surface area contributed by atoms with Crippen molar-refractivity contribution in [2.45, 2.75) is 37.8 Å². The van der Waals surface area contributed by atoms with E-state index in [-0.39, 0.29) is 17.7 Å². The van der Waals surface area contributed by atoms with Crippen LogP contribution in [-0.2, 0) is 15.1 Å². The molecule has 3 aliphatic rings. The van der Waals surface area contributed by atoms with E-state index in [1.54, 1.807) is 36.1 Å². The molecule has 8 heteroatoms. The van der Waals surface area contributed by atoms with Crippen molar-refractivity contribution in [3.63, 3.8) is 0 Å². The molecule has 0 saturated carbocycles. The van der Waals surface area contributed by atoms with E-state index in [0.717, 1.165) is 19.3 Å². The Hall–Kier alpha value is -2.90. The van der Waals surface area contributed by atoms with Crippen LogP contribution in [0.1, 0.15) is 42.1 Å². The van der Waals surface area contributed by atoms with Crippen LogP contribution in [0.15, 0.2) is 24.3 Å². The van der Waals surface area contributed by atoms with Crippen molar-refractivity contribution in [2.24, 2.45) is 5.92 Å². The second-order valence-corrected chi connectivity index (χ2v) is 7.54. The molecule has 5 amide bonds. The molecule has 0 bridgehead atoms. The standard InChI is InChI=1S/C19H22N4O4/c1-19(17(26)21-18(27)22-19)13-6-2-4-12(10-13)16(25)23-9-3-5-11-7-8-20-15(24)14(11)23/h2,4,6,10-11,14H,3,5,7-9H2,1H3,(H,20,24)(H2,21,22,26,27). The fourth-order valence-corrected chi connectivity index (χ4v) is 4.32. The van der Waals surface area contributed by atoms with E-state index in [9.17, 15) is 19.2 Å². The van der Waals surface area contributed by atoms with Gasteiger partial charge in [0.15, 0.2) is 0 Å². The zero-order chi connectivity index (χ0) is 19.2. The first-order valence-corrected chi connectivity index (χ1v) is 9.23. The molecule has 3 heterocycles. The summed E-state index contributed by atoms with van der Waals surface area (Å²) in [7, 11) is 0. The Labute approximate surface area is 156 Å². The number of imide groups is 1. The average Bonchev–Trinajstić information content (AvgIpc) is 2.94. The predicted octanol–water partition coefficient (Wildman–Crippen LogP) is 0.482. The van der Waals surface area contributed by atoms with E-state index in [0.29, 0.717) is 24.2 Å². The average molecular weight is 370 g/mol. The Morgan fingerprint density at radius 1 is 1.22 bits per heavy atom. The summed E-state index contributed by atoms with van der Waals surface area (Å²) in [4.78, 5) is 50.9. The molecule has 3 aliphatic heterocycles. The first-order valence-electron chi connectivity index (χ1n) is 9.23. The first kappa shape index (κ1) is 17.5. The Morgan fingerprint density at radius 2 is 2.04 bits per heavy atom. The molecule has 0 aromatic heterocycles. The van der Waals surface area contributed by atoms with Crippen molar-refractivity contribution >= 4 is 23.8 Å². The zero-order valence-electron chi connectivity index (χ0n) is 15.1. The molecule has 0 spiro atoms. The second kappa shape index (κ2) is 6.37. The van der Waals surface area contributed by atoms with Crippen molar-refractivity contribution in [3.8, 4) is 0 Å².